The van der Waals surface area contributed by atoms with E-state index in [-0.39, 0.29) is 0 Å². The second kappa shape index (κ2) is 10.8. The maximum atomic E-state index is 13.9. The van der Waals surface area contributed by atoms with E-state index in [1.807, 2.05) is 18.4 Å². The molecule has 0 spiro atoms. The molecule has 0 bridgehead atoms. The third kappa shape index (κ3) is 6.77. The van der Waals surface area contributed by atoms with Crippen LogP contribution in [0.5, 0.6) is 0 Å². The van der Waals surface area contributed by atoms with Gasteiger partial charge in [0.15, 0.2) is 0 Å². The number of carbonyl (C=O) groups is 1. The van der Waals surface area contributed by atoms with Gasteiger partial charge in [-0.2, -0.15) is 16.5 Å². The largest absolute Gasteiger partial charge is 0.354 e. The minimum Gasteiger partial charge on any atom is -0.354 e. The van der Waals surface area contributed by atoms with Crippen LogP contribution in [0.2, 0.25) is 5.02 Å². The minimum atomic E-state index is -4.16. The molecule has 9 heteroatoms. The lowest BCUT2D eigenvalue weighted by Gasteiger charge is -2.18. The molecular weight excluding hydrogens is 423 g/mol. The number of amides is 1. The highest BCUT2D eigenvalue weighted by molar-refractivity contribution is 7.98. The quantitative estimate of drug-likeness (QED) is 0.590. The molecule has 0 heterocycles. The first kappa shape index (κ1) is 22.7. The summed E-state index contributed by atoms with van der Waals surface area (Å²) in [7, 11) is -4.16. The lowest BCUT2D eigenvalue weighted by Crippen LogP contribution is -2.47. The molecule has 1 amide bonds. The molecule has 0 saturated carbocycles. The van der Waals surface area contributed by atoms with Gasteiger partial charge in [-0.15, -0.1) is 0 Å². The number of nitrogens with one attached hydrogen (secondary N) is 2. The van der Waals surface area contributed by atoms with Gasteiger partial charge >= 0.3 is 0 Å². The smallest absolute Gasteiger partial charge is 0.244 e. The van der Waals surface area contributed by atoms with Crippen molar-refractivity contribution in [1.29, 1.82) is 0 Å². The number of benzene rings is 2. The Bertz CT molecular complexity index is 892. The zero-order chi connectivity index (χ0) is 20.6. The predicted octanol–water partition coefficient (Wildman–Crippen LogP) is 3.24. The zero-order valence-corrected chi connectivity index (χ0v) is 17.7. The van der Waals surface area contributed by atoms with Crippen molar-refractivity contribution >= 4 is 39.3 Å². The monoisotopic (exact) mass is 444 g/mol. The molecule has 2 aromatic rings. The Kier molecular flexibility index (Phi) is 8.75. The van der Waals surface area contributed by atoms with Crippen LogP contribution in [-0.4, -0.2) is 38.9 Å². The first-order valence-corrected chi connectivity index (χ1v) is 11.9. The average Bonchev–Trinajstić information content (AvgIpc) is 2.66. The molecule has 1 unspecified atom stereocenters. The topological polar surface area (TPSA) is 75.3 Å². The average molecular weight is 445 g/mol. The van der Waals surface area contributed by atoms with Crippen LogP contribution in [0.4, 0.5) is 4.39 Å². The van der Waals surface area contributed by atoms with E-state index in [1.165, 1.54) is 30.0 Å². The molecule has 0 radical (unpaired) electrons. The predicted molar refractivity (Wildman–Crippen MR) is 112 cm³/mol. The van der Waals surface area contributed by atoms with E-state index in [2.05, 4.69) is 10.0 Å². The van der Waals surface area contributed by atoms with Crippen LogP contribution in [0, 0.1) is 5.82 Å². The number of halogens is 2. The van der Waals surface area contributed by atoms with Gasteiger partial charge in [0, 0.05) is 11.6 Å². The highest BCUT2D eigenvalue weighted by Gasteiger charge is 2.27. The van der Waals surface area contributed by atoms with E-state index >= 15 is 0 Å². The molecule has 0 aliphatic rings. The minimum absolute atomic E-state index is 0.293. The molecule has 0 saturated heterocycles. The van der Waals surface area contributed by atoms with Crippen molar-refractivity contribution in [2.24, 2.45) is 0 Å². The van der Waals surface area contributed by atoms with E-state index in [0.717, 1.165) is 11.6 Å². The second-order valence-corrected chi connectivity index (χ2v) is 9.16. The fraction of sp³-hybridized carbons (Fsp3) is 0.316. The van der Waals surface area contributed by atoms with E-state index in [9.17, 15) is 17.6 Å². The van der Waals surface area contributed by atoms with Crippen molar-refractivity contribution < 1.29 is 17.6 Å². The van der Waals surface area contributed by atoms with Gasteiger partial charge in [0.1, 0.15) is 16.8 Å². The molecule has 5 nitrogen and oxygen atoms in total. The van der Waals surface area contributed by atoms with Gasteiger partial charge in [-0.05, 0) is 54.7 Å². The zero-order valence-electron chi connectivity index (χ0n) is 15.3. The van der Waals surface area contributed by atoms with Crippen LogP contribution in [-0.2, 0) is 21.2 Å². The van der Waals surface area contributed by atoms with E-state index in [1.54, 1.807) is 12.1 Å². The molecule has 0 aromatic heterocycles. The standard InChI is InChI=1S/C19H22ClFN2O3S2/c1-27-13-11-17(23-28(25,26)18-5-3-2-4-16(18)21)19(24)22-12-10-14-6-8-15(20)9-7-14/h2-9,17,23H,10-13H2,1H3,(H,22,24). The fourth-order valence-electron chi connectivity index (χ4n) is 2.50. The Balaban J connectivity index is 2.02. The molecule has 1 atom stereocenters. The highest BCUT2D eigenvalue weighted by Crippen LogP contribution is 2.15. The van der Waals surface area contributed by atoms with Gasteiger partial charge in [0.2, 0.25) is 15.9 Å². The van der Waals surface area contributed by atoms with E-state index < -0.39 is 32.7 Å². The summed E-state index contributed by atoms with van der Waals surface area (Å²) in [6, 6.07) is 11.3. The van der Waals surface area contributed by atoms with Crippen LogP contribution in [0.15, 0.2) is 53.4 Å². The molecule has 2 rings (SSSR count). The number of rotatable bonds is 10. The van der Waals surface area contributed by atoms with Crippen molar-refractivity contribution in [2.75, 3.05) is 18.6 Å². The highest BCUT2D eigenvalue weighted by atomic mass is 35.5. The molecule has 0 fully saturated rings. The van der Waals surface area contributed by atoms with Crippen LogP contribution >= 0.6 is 23.4 Å². The Morgan fingerprint density at radius 2 is 1.86 bits per heavy atom. The molecule has 2 N–H and O–H groups in total. The Morgan fingerprint density at radius 3 is 2.50 bits per heavy atom. The number of thioether (sulfide) groups is 1. The number of hydrogen-bond acceptors (Lipinski definition) is 4. The van der Waals surface area contributed by atoms with Crippen LogP contribution < -0.4 is 10.0 Å². The van der Waals surface area contributed by atoms with Crippen LogP contribution in [0.25, 0.3) is 0 Å². The van der Waals surface area contributed by atoms with Gasteiger partial charge in [-0.1, -0.05) is 35.9 Å². The van der Waals surface area contributed by atoms with E-state index in [4.69, 9.17) is 11.6 Å². The van der Waals surface area contributed by atoms with Gasteiger partial charge in [-0.25, -0.2) is 12.8 Å². The van der Waals surface area contributed by atoms with Crippen molar-refractivity contribution in [2.45, 2.75) is 23.8 Å². The van der Waals surface area contributed by atoms with E-state index in [0.29, 0.717) is 30.2 Å². The lowest BCUT2D eigenvalue weighted by atomic mass is 10.1. The molecule has 0 aliphatic carbocycles. The maximum absolute atomic E-state index is 13.9. The summed E-state index contributed by atoms with van der Waals surface area (Å²) in [5, 5.41) is 3.37. The van der Waals surface area contributed by atoms with Crippen LogP contribution in [0.3, 0.4) is 0 Å². The fourth-order valence-corrected chi connectivity index (χ4v) is 4.40. The summed E-state index contributed by atoms with van der Waals surface area (Å²) in [5.41, 5.74) is 0.998. The summed E-state index contributed by atoms with van der Waals surface area (Å²) < 4.78 is 41.2. The number of sulfonamides is 1. The van der Waals surface area contributed by atoms with Gasteiger partial charge < -0.3 is 5.32 Å². The summed E-state index contributed by atoms with van der Waals surface area (Å²) in [6.07, 6.45) is 2.74. The number of hydrogen-bond donors (Lipinski definition) is 2. The first-order chi connectivity index (χ1) is 13.3. The Labute approximate surface area is 174 Å². The van der Waals surface area contributed by atoms with Crippen molar-refractivity contribution in [1.82, 2.24) is 10.0 Å². The van der Waals surface area contributed by atoms with Gasteiger partial charge in [0.25, 0.3) is 0 Å². The summed E-state index contributed by atoms with van der Waals surface area (Å²) in [6.45, 7) is 0.345. The molecule has 0 aliphatic heterocycles. The van der Waals surface area contributed by atoms with Crippen molar-refractivity contribution in [3.05, 3.63) is 64.9 Å². The number of carbonyl (C=O) groups excluding carboxylic acids is 1. The Hall–Kier alpha value is -1.61. The SMILES string of the molecule is CSCCC(NS(=O)(=O)c1ccccc1F)C(=O)NCCc1ccc(Cl)cc1. The summed E-state index contributed by atoms with van der Waals surface area (Å²) in [4.78, 5) is 12.1. The van der Waals surface area contributed by atoms with Gasteiger partial charge in [0.05, 0.1) is 0 Å². The maximum Gasteiger partial charge on any atom is 0.244 e. The molecular formula is C19H22ClFN2O3S2. The summed E-state index contributed by atoms with van der Waals surface area (Å²) in [5.74, 6) is -0.723. The molecule has 2 aromatic carbocycles. The summed E-state index contributed by atoms with van der Waals surface area (Å²) >= 11 is 7.34. The van der Waals surface area contributed by atoms with Crippen molar-refractivity contribution in [3.8, 4) is 0 Å². The first-order valence-electron chi connectivity index (χ1n) is 8.61. The third-order valence-corrected chi connectivity index (χ3v) is 6.38. The van der Waals surface area contributed by atoms with Crippen molar-refractivity contribution in [3.63, 3.8) is 0 Å². The van der Waals surface area contributed by atoms with Crippen LogP contribution in [0.1, 0.15) is 12.0 Å². The lowest BCUT2D eigenvalue weighted by molar-refractivity contribution is -0.122. The third-order valence-electron chi connectivity index (χ3n) is 3.98. The normalized spacial score (nSPS) is 12.5. The molecule has 28 heavy (non-hydrogen) atoms. The Morgan fingerprint density at radius 1 is 1.18 bits per heavy atom. The molecule has 152 valence electrons. The van der Waals surface area contributed by atoms with Gasteiger partial charge in [-0.3, -0.25) is 4.79 Å². The second-order valence-electron chi connectivity index (χ2n) is 6.05.